The highest BCUT2D eigenvalue weighted by molar-refractivity contribution is 5.81. The lowest BCUT2D eigenvalue weighted by molar-refractivity contribution is -0.316. The minimum Gasteiger partial charge on any atom is -0.445 e. The SMILES string of the molecule is C[C@H](C(=O)C[C@@H]1C[C@H](C)[C@@H](O[C@H]2O[C@@H]3CCC(c4ccccc4)O[C@H]3C[C@H]2NC(=O)OCc2ccccc2)[C@H](O[C@@H]2O[C@H](CO)[C@@H](O[C@H]3O[C@H]4CCC(c5ccccc5)O[C@H]4[C@H](O)[C@H]3NC(=O)OCc3ccccc3)[C@H]2O)[C@H]1O)[C@H](F)CN=[N+]=[N-]. The van der Waals surface area contributed by atoms with Gasteiger partial charge < -0.3 is 78.4 Å². The standard InChI is InChI=1S/C62H76FN5O17/c1-34-27-40(28-43(70)35(2)41(63)30-65-68-64)51(71)57(54(34)83-58-42(66-61(74)76-32-36-15-7-3-8-16-36)29-48-46(80-58)25-23-44(78-48)38-19-11-5-12-20-38)85-60-53(73)56(49(31-69)82-60)84-59-50(67-62(75)77-33-37-17-9-4-10-18-37)52(72)55-47(81-59)26-24-45(79-55)39-21-13-6-14-22-39/h3-22,34-35,40-42,44-60,69,71-73H,23-33H2,1-2H3,(H,66,74)(H,67,75)/t34-,35-,40-,41+,42+,44?,45?,46+,47-,48-,49+,50+,51-,52+,53+,54+,55+,56+,57+,58+,59+,60-/m0/s1. The van der Waals surface area contributed by atoms with Crippen LogP contribution in [0, 0.1) is 17.8 Å². The molecule has 6 fully saturated rings. The number of carbonyl (C=O) groups is 3. The predicted molar refractivity (Wildman–Crippen MR) is 299 cm³/mol. The molecule has 6 N–H and O–H groups in total. The van der Waals surface area contributed by atoms with Crippen molar-refractivity contribution in [1.82, 2.24) is 10.6 Å². The van der Waals surface area contributed by atoms with Crippen LogP contribution in [-0.2, 0) is 65.4 Å². The number of benzene rings is 4. The Labute approximate surface area is 492 Å². The van der Waals surface area contributed by atoms with E-state index in [1.807, 2.05) is 104 Å². The molecule has 4 aromatic carbocycles. The third-order valence-corrected chi connectivity index (χ3v) is 17.2. The van der Waals surface area contributed by atoms with Gasteiger partial charge in [0.25, 0.3) is 0 Å². The first-order chi connectivity index (χ1) is 41.2. The molecular weight excluding hydrogens is 1110 g/mol. The maximum atomic E-state index is 15.2. The smallest absolute Gasteiger partial charge is 0.407 e. The Hall–Kier alpha value is -6.15. The number of carbonyl (C=O) groups excluding carboxylic acids is 3. The van der Waals surface area contributed by atoms with Gasteiger partial charge in [-0.25, -0.2) is 14.0 Å². The third-order valence-electron chi connectivity index (χ3n) is 17.2. The monoisotopic (exact) mass is 1180 g/mol. The fourth-order valence-electron chi connectivity index (χ4n) is 12.5. The third kappa shape index (κ3) is 15.2. The average molecular weight is 1180 g/mol. The highest BCUT2D eigenvalue weighted by atomic mass is 19.1. The summed E-state index contributed by atoms with van der Waals surface area (Å²) in [5.41, 5.74) is 12.2. The van der Waals surface area contributed by atoms with Gasteiger partial charge in [-0.05, 0) is 71.7 Å². The molecule has 1 aliphatic carbocycles. The van der Waals surface area contributed by atoms with Gasteiger partial charge in [0.15, 0.2) is 18.9 Å². The molecule has 5 heterocycles. The average Bonchev–Trinajstić information content (AvgIpc) is 2.53. The lowest BCUT2D eigenvalue weighted by Gasteiger charge is -2.49. The fourth-order valence-corrected chi connectivity index (χ4v) is 12.5. The topological polar surface area (TPSA) is 297 Å². The van der Waals surface area contributed by atoms with Gasteiger partial charge in [0.1, 0.15) is 67.8 Å². The van der Waals surface area contributed by atoms with Crippen molar-refractivity contribution in [2.24, 2.45) is 22.9 Å². The highest BCUT2D eigenvalue weighted by Crippen LogP contribution is 2.44. The Balaban J connectivity index is 0.900. The van der Waals surface area contributed by atoms with Crippen molar-refractivity contribution in [2.75, 3.05) is 13.2 Å². The maximum Gasteiger partial charge on any atom is 0.407 e. The zero-order valence-electron chi connectivity index (χ0n) is 47.3. The molecule has 2 unspecified atom stereocenters. The Morgan fingerprint density at radius 1 is 0.647 bits per heavy atom. The van der Waals surface area contributed by atoms with Gasteiger partial charge in [-0.3, -0.25) is 4.79 Å². The second kappa shape index (κ2) is 29.0. The molecule has 0 radical (unpaired) electrons. The lowest BCUT2D eigenvalue weighted by atomic mass is 9.73. The number of ketones is 1. The molecular formula is C62H76FN5O17. The van der Waals surface area contributed by atoms with Crippen LogP contribution in [-0.4, -0.2) is 156 Å². The molecule has 0 bridgehead atoms. The molecule has 23 heteroatoms. The van der Waals surface area contributed by atoms with Crippen LogP contribution >= 0.6 is 0 Å². The first-order valence-electron chi connectivity index (χ1n) is 29.4. The van der Waals surface area contributed by atoms with E-state index in [1.165, 1.54) is 6.92 Å². The molecule has 6 aliphatic rings. The van der Waals surface area contributed by atoms with Crippen LogP contribution in [0.2, 0.25) is 0 Å². The first kappa shape index (κ1) is 61.9. The summed E-state index contributed by atoms with van der Waals surface area (Å²) in [6.45, 7) is 1.76. The van der Waals surface area contributed by atoms with Crippen LogP contribution in [0.3, 0.4) is 0 Å². The molecule has 10 rings (SSSR count). The second-order valence-corrected chi connectivity index (χ2v) is 23.0. The number of azide groups is 1. The van der Waals surface area contributed by atoms with Crippen LogP contribution < -0.4 is 10.6 Å². The quantitative estimate of drug-likeness (QED) is 0.0275. The Bertz CT molecular complexity index is 2830. The minimum atomic E-state index is -1.80. The lowest BCUT2D eigenvalue weighted by Crippen LogP contribution is -2.66. The summed E-state index contributed by atoms with van der Waals surface area (Å²) < 4.78 is 79.2. The number of rotatable bonds is 21. The summed E-state index contributed by atoms with van der Waals surface area (Å²) in [6.07, 6.45) is -19.2. The molecule has 0 aromatic heterocycles. The van der Waals surface area contributed by atoms with Gasteiger partial charge >= 0.3 is 12.2 Å². The van der Waals surface area contributed by atoms with Crippen LogP contribution in [0.5, 0.6) is 0 Å². The van der Waals surface area contributed by atoms with Crippen molar-refractivity contribution in [1.29, 1.82) is 0 Å². The number of hydrogen-bond acceptors (Lipinski definition) is 18. The summed E-state index contributed by atoms with van der Waals surface area (Å²) in [7, 11) is 0. The molecule has 22 atom stereocenters. The number of ether oxygens (including phenoxy) is 10. The molecule has 5 saturated heterocycles. The van der Waals surface area contributed by atoms with Crippen LogP contribution in [0.4, 0.5) is 14.0 Å². The molecule has 4 aromatic rings. The van der Waals surface area contributed by atoms with Gasteiger partial charge in [0.05, 0.1) is 61.9 Å². The second-order valence-electron chi connectivity index (χ2n) is 23.0. The molecule has 0 spiro atoms. The number of halogens is 1. The van der Waals surface area contributed by atoms with Gasteiger partial charge in [-0.15, -0.1) is 0 Å². The zero-order chi connectivity index (χ0) is 59.6. The van der Waals surface area contributed by atoms with E-state index in [0.29, 0.717) is 31.2 Å². The summed E-state index contributed by atoms with van der Waals surface area (Å²) >= 11 is 0. The first-order valence-corrected chi connectivity index (χ1v) is 29.4. The van der Waals surface area contributed by atoms with Crippen molar-refractivity contribution < 1.29 is 86.6 Å². The van der Waals surface area contributed by atoms with Gasteiger partial charge in [-0.1, -0.05) is 140 Å². The van der Waals surface area contributed by atoms with Crippen LogP contribution in [0.1, 0.15) is 93.3 Å². The van der Waals surface area contributed by atoms with E-state index in [9.17, 15) is 34.8 Å². The summed E-state index contributed by atoms with van der Waals surface area (Å²) in [5, 5.41) is 56.9. The number of Topliss-reactive ketones (excluding diaryl/α,β-unsaturated/α-hetero) is 1. The van der Waals surface area contributed by atoms with Gasteiger partial charge in [0, 0.05) is 23.7 Å². The minimum absolute atomic E-state index is 0.0283. The predicted octanol–water partition coefficient (Wildman–Crippen LogP) is 7.11. The largest absolute Gasteiger partial charge is 0.445 e. The number of nitrogens with zero attached hydrogens (tertiary/aromatic N) is 3. The van der Waals surface area contributed by atoms with Crippen molar-refractivity contribution in [3.05, 3.63) is 154 Å². The van der Waals surface area contributed by atoms with E-state index in [2.05, 4.69) is 20.7 Å². The Morgan fingerprint density at radius 2 is 1.20 bits per heavy atom. The molecule has 1 saturated carbocycles. The molecule has 458 valence electrons. The number of amides is 2. The molecule has 85 heavy (non-hydrogen) atoms. The van der Waals surface area contributed by atoms with E-state index in [4.69, 9.17) is 52.9 Å². The van der Waals surface area contributed by atoms with Crippen molar-refractivity contribution in [3.8, 4) is 0 Å². The van der Waals surface area contributed by atoms with E-state index < -0.39 is 159 Å². The van der Waals surface area contributed by atoms with E-state index >= 15 is 4.39 Å². The maximum absolute atomic E-state index is 15.2. The summed E-state index contributed by atoms with van der Waals surface area (Å²) in [5.74, 6) is -3.19. The summed E-state index contributed by atoms with van der Waals surface area (Å²) in [4.78, 5) is 43.7. The molecule has 22 nitrogen and oxygen atoms in total. The summed E-state index contributed by atoms with van der Waals surface area (Å²) in [6, 6.07) is 35.2. The van der Waals surface area contributed by atoms with E-state index in [0.717, 1.165) is 16.7 Å². The van der Waals surface area contributed by atoms with Gasteiger partial charge in [-0.2, -0.15) is 0 Å². The van der Waals surface area contributed by atoms with Crippen molar-refractivity contribution in [2.45, 2.75) is 188 Å². The fraction of sp³-hybridized carbons (Fsp3) is 0.565. The Kier molecular flexibility index (Phi) is 21.1. The molecule has 2 amide bonds. The van der Waals surface area contributed by atoms with Crippen LogP contribution in [0.25, 0.3) is 10.4 Å². The van der Waals surface area contributed by atoms with E-state index in [-0.39, 0.29) is 38.6 Å². The number of fused-ring (bicyclic) bond motifs is 2. The number of aliphatic hydroxyl groups excluding tert-OH is 4. The van der Waals surface area contributed by atoms with Crippen LogP contribution in [0.15, 0.2) is 126 Å². The number of hydrogen-bond donors (Lipinski definition) is 6. The highest BCUT2D eigenvalue weighted by Gasteiger charge is 2.56. The number of nitrogens with one attached hydrogen (secondary N) is 2. The normalized spacial score (nSPS) is 35.1. The number of aliphatic hydroxyl groups is 4. The Morgan fingerprint density at radius 3 is 1.81 bits per heavy atom. The zero-order valence-corrected chi connectivity index (χ0v) is 47.3. The van der Waals surface area contributed by atoms with Crippen molar-refractivity contribution in [3.63, 3.8) is 0 Å². The molecule has 5 aliphatic heterocycles. The van der Waals surface area contributed by atoms with E-state index in [1.54, 1.807) is 24.3 Å². The van der Waals surface area contributed by atoms with Crippen molar-refractivity contribution >= 4 is 18.0 Å². The number of alkyl carbamates (subject to hydrolysis) is 2. The van der Waals surface area contributed by atoms with Gasteiger partial charge in [0.2, 0.25) is 0 Å². The number of alkyl halides is 1.